The van der Waals surface area contributed by atoms with E-state index >= 15 is 0 Å². The maximum Gasteiger partial charge on any atom is 0.329 e. The Morgan fingerprint density at radius 3 is 2.32 bits per heavy atom. The predicted molar refractivity (Wildman–Crippen MR) is 71.9 cm³/mol. The lowest BCUT2D eigenvalue weighted by Gasteiger charge is -2.36. The lowest BCUT2D eigenvalue weighted by molar-refractivity contribution is -0.146. The molecule has 0 aliphatic heterocycles. The maximum atomic E-state index is 12.2. The quantitative estimate of drug-likeness (QED) is 0.821. The van der Waals surface area contributed by atoms with Crippen LogP contribution in [-0.4, -0.2) is 40.6 Å². The van der Waals surface area contributed by atoms with Gasteiger partial charge in [-0.25, -0.2) is 9.59 Å². The molecule has 0 heterocycles. The Balaban J connectivity index is 2.00. The van der Waals surface area contributed by atoms with Crippen LogP contribution < -0.4 is 5.32 Å². The van der Waals surface area contributed by atoms with Crippen LogP contribution in [0.5, 0.6) is 0 Å². The largest absolute Gasteiger partial charge is 0.480 e. The molecule has 108 valence electrons. The summed E-state index contributed by atoms with van der Waals surface area (Å²) in [6, 6.07) is -0.0573. The minimum atomic E-state index is -1.05. The van der Waals surface area contributed by atoms with Gasteiger partial charge in [0.05, 0.1) is 0 Å². The van der Waals surface area contributed by atoms with Crippen LogP contribution >= 0.6 is 0 Å². The first-order chi connectivity index (χ1) is 8.96. The van der Waals surface area contributed by atoms with Crippen LogP contribution in [-0.2, 0) is 4.79 Å². The molecule has 0 aromatic rings. The smallest absolute Gasteiger partial charge is 0.329 e. The number of carboxylic acids is 1. The van der Waals surface area contributed by atoms with Crippen molar-refractivity contribution in [2.75, 3.05) is 7.05 Å². The molecule has 2 rings (SSSR count). The maximum absolute atomic E-state index is 12.2. The van der Waals surface area contributed by atoms with Gasteiger partial charge < -0.3 is 15.3 Å². The Hall–Kier alpha value is -1.26. The van der Waals surface area contributed by atoms with Gasteiger partial charge in [-0.15, -0.1) is 0 Å². The number of nitrogens with one attached hydrogen (secondary N) is 1. The standard InChI is InChI=1S/C14H24N2O3/c1-10(11-6-7-11)16(2)13(19)15-14(12(17)18)8-4-3-5-9-14/h10-11H,3-9H2,1-2H3,(H,15,19)(H,17,18). The van der Waals surface area contributed by atoms with Crippen LogP contribution in [0.2, 0.25) is 0 Å². The molecule has 0 saturated heterocycles. The van der Waals surface area contributed by atoms with Crippen LogP contribution in [0.25, 0.3) is 0 Å². The molecule has 2 amide bonds. The van der Waals surface area contributed by atoms with E-state index in [9.17, 15) is 14.7 Å². The second-order valence-corrected chi connectivity index (χ2v) is 6.07. The average Bonchev–Trinajstić information content (AvgIpc) is 3.22. The minimum absolute atomic E-state index is 0.189. The highest BCUT2D eigenvalue weighted by atomic mass is 16.4. The summed E-state index contributed by atoms with van der Waals surface area (Å²) in [4.78, 5) is 25.4. The Morgan fingerprint density at radius 2 is 1.84 bits per heavy atom. The highest BCUT2D eigenvalue weighted by molar-refractivity contribution is 5.86. The van der Waals surface area contributed by atoms with Crippen LogP contribution in [0.15, 0.2) is 0 Å². The van der Waals surface area contributed by atoms with Crippen LogP contribution in [0.3, 0.4) is 0 Å². The highest BCUT2D eigenvalue weighted by Gasteiger charge is 2.42. The third-order valence-electron chi connectivity index (χ3n) is 4.70. The number of urea groups is 1. The third-order valence-corrected chi connectivity index (χ3v) is 4.70. The molecule has 5 nitrogen and oxygen atoms in total. The number of hydrogen-bond donors (Lipinski definition) is 2. The minimum Gasteiger partial charge on any atom is -0.480 e. The van der Waals surface area contributed by atoms with E-state index in [1.807, 2.05) is 6.92 Å². The van der Waals surface area contributed by atoms with Gasteiger partial charge in [0, 0.05) is 13.1 Å². The third kappa shape index (κ3) is 3.01. The first kappa shape index (κ1) is 14.2. The van der Waals surface area contributed by atoms with Crippen molar-refractivity contribution < 1.29 is 14.7 Å². The number of carbonyl (C=O) groups is 2. The van der Waals surface area contributed by atoms with E-state index in [-0.39, 0.29) is 12.1 Å². The number of hydrogen-bond acceptors (Lipinski definition) is 2. The first-order valence-electron chi connectivity index (χ1n) is 7.25. The number of nitrogens with zero attached hydrogens (tertiary/aromatic N) is 1. The van der Waals surface area contributed by atoms with Gasteiger partial charge in [0.25, 0.3) is 0 Å². The summed E-state index contributed by atoms with van der Waals surface area (Å²) < 4.78 is 0. The second kappa shape index (κ2) is 5.39. The van der Waals surface area contributed by atoms with Gasteiger partial charge in [-0.2, -0.15) is 0 Å². The molecule has 0 spiro atoms. The molecule has 1 atom stereocenters. The molecule has 0 aromatic heterocycles. The topological polar surface area (TPSA) is 69.6 Å². The van der Waals surface area contributed by atoms with Gasteiger partial charge >= 0.3 is 12.0 Å². The summed E-state index contributed by atoms with van der Waals surface area (Å²) in [5.41, 5.74) is -1.05. The predicted octanol–water partition coefficient (Wildman–Crippen LogP) is 2.21. The van der Waals surface area contributed by atoms with Crippen molar-refractivity contribution in [3.63, 3.8) is 0 Å². The zero-order valence-corrected chi connectivity index (χ0v) is 11.8. The van der Waals surface area contributed by atoms with Crippen molar-refractivity contribution >= 4 is 12.0 Å². The van der Waals surface area contributed by atoms with Gasteiger partial charge in [-0.1, -0.05) is 19.3 Å². The number of amides is 2. The molecule has 2 saturated carbocycles. The van der Waals surface area contributed by atoms with Crippen molar-refractivity contribution in [3.05, 3.63) is 0 Å². The summed E-state index contributed by atoms with van der Waals surface area (Å²) in [6.45, 7) is 2.03. The summed E-state index contributed by atoms with van der Waals surface area (Å²) in [6.07, 6.45) is 6.22. The molecule has 2 aliphatic carbocycles. The molecular weight excluding hydrogens is 244 g/mol. The van der Waals surface area contributed by atoms with E-state index in [1.165, 1.54) is 12.8 Å². The summed E-state index contributed by atoms with van der Waals surface area (Å²) in [7, 11) is 1.76. The van der Waals surface area contributed by atoms with Gasteiger partial charge in [0.2, 0.25) is 0 Å². The lowest BCUT2D eigenvalue weighted by atomic mass is 9.82. The van der Waals surface area contributed by atoms with E-state index < -0.39 is 11.5 Å². The summed E-state index contributed by atoms with van der Waals surface area (Å²) >= 11 is 0. The average molecular weight is 268 g/mol. The Morgan fingerprint density at radius 1 is 1.26 bits per heavy atom. The molecule has 0 bridgehead atoms. The van der Waals surface area contributed by atoms with E-state index in [1.54, 1.807) is 11.9 Å². The molecule has 2 fully saturated rings. The Bertz CT molecular complexity index is 360. The number of carboxylic acid groups (broad SMARTS) is 1. The molecular formula is C14H24N2O3. The monoisotopic (exact) mass is 268 g/mol. The SMILES string of the molecule is CC(C1CC1)N(C)C(=O)NC1(C(=O)O)CCCCC1. The molecule has 0 radical (unpaired) electrons. The van der Waals surface area contributed by atoms with E-state index in [0.717, 1.165) is 19.3 Å². The normalized spacial score (nSPS) is 23.5. The fourth-order valence-corrected chi connectivity index (χ4v) is 2.92. The van der Waals surface area contributed by atoms with Gasteiger partial charge in [-0.05, 0) is 38.5 Å². The zero-order chi connectivity index (χ0) is 14.0. The highest BCUT2D eigenvalue weighted by Crippen LogP contribution is 2.35. The van der Waals surface area contributed by atoms with Gasteiger partial charge in [-0.3, -0.25) is 0 Å². The fourth-order valence-electron chi connectivity index (χ4n) is 2.92. The van der Waals surface area contributed by atoms with Crippen LogP contribution in [0, 0.1) is 5.92 Å². The zero-order valence-electron chi connectivity index (χ0n) is 11.8. The summed E-state index contributed by atoms with van der Waals surface area (Å²) in [5.74, 6) is -0.309. The van der Waals surface area contributed by atoms with E-state index in [0.29, 0.717) is 18.8 Å². The number of carbonyl (C=O) groups excluding carboxylic acids is 1. The second-order valence-electron chi connectivity index (χ2n) is 6.07. The molecule has 5 heteroatoms. The van der Waals surface area contributed by atoms with Crippen molar-refractivity contribution in [2.24, 2.45) is 5.92 Å². The molecule has 2 aliphatic rings. The fraction of sp³-hybridized carbons (Fsp3) is 0.857. The van der Waals surface area contributed by atoms with Crippen LogP contribution in [0.4, 0.5) is 4.79 Å². The van der Waals surface area contributed by atoms with Crippen molar-refractivity contribution in [2.45, 2.75) is 63.5 Å². The van der Waals surface area contributed by atoms with Gasteiger partial charge in [0.15, 0.2) is 0 Å². The van der Waals surface area contributed by atoms with Crippen LogP contribution in [0.1, 0.15) is 51.9 Å². The van der Waals surface area contributed by atoms with Crippen molar-refractivity contribution in [1.29, 1.82) is 0 Å². The van der Waals surface area contributed by atoms with Crippen molar-refractivity contribution in [1.82, 2.24) is 10.2 Å². The molecule has 0 aromatic carbocycles. The first-order valence-corrected chi connectivity index (χ1v) is 7.25. The lowest BCUT2D eigenvalue weighted by Crippen LogP contribution is -2.59. The number of rotatable bonds is 4. The van der Waals surface area contributed by atoms with Gasteiger partial charge in [0.1, 0.15) is 5.54 Å². The molecule has 1 unspecified atom stereocenters. The molecule has 2 N–H and O–H groups in total. The summed E-state index contributed by atoms with van der Waals surface area (Å²) in [5, 5.41) is 12.2. The Kier molecular flexibility index (Phi) is 4.02. The number of aliphatic carboxylic acids is 1. The Labute approximate surface area is 114 Å². The van der Waals surface area contributed by atoms with E-state index in [4.69, 9.17) is 0 Å². The molecule has 19 heavy (non-hydrogen) atoms. The van der Waals surface area contributed by atoms with E-state index in [2.05, 4.69) is 5.32 Å². The van der Waals surface area contributed by atoms with Crippen molar-refractivity contribution in [3.8, 4) is 0 Å².